The van der Waals surface area contributed by atoms with E-state index in [2.05, 4.69) is 10.2 Å². The van der Waals surface area contributed by atoms with Crippen LogP contribution in [0.2, 0.25) is 5.02 Å². The van der Waals surface area contributed by atoms with Gasteiger partial charge in [0.05, 0.1) is 0 Å². The number of halogens is 4. The van der Waals surface area contributed by atoms with E-state index in [4.69, 9.17) is 11.6 Å². The van der Waals surface area contributed by atoms with Crippen LogP contribution in [0.25, 0.3) is 0 Å². The predicted octanol–water partition coefficient (Wildman–Crippen LogP) is 4.57. The molecular weight excluding hydrogens is 341 g/mol. The lowest BCUT2D eigenvalue weighted by Gasteiger charge is -2.41. The molecule has 1 aliphatic heterocycles. The van der Waals surface area contributed by atoms with Crippen molar-refractivity contribution in [3.8, 4) is 0 Å². The lowest BCUT2D eigenvalue weighted by Crippen LogP contribution is -2.47. The smallest absolute Gasteiger partial charge is 0.132 e. The molecule has 0 bridgehead atoms. The average molecular weight is 365 g/mol. The fourth-order valence-corrected chi connectivity index (χ4v) is 4.15. The van der Waals surface area contributed by atoms with E-state index in [0.29, 0.717) is 5.92 Å². The minimum atomic E-state index is -0.501. The molecule has 1 aromatic rings. The maximum atomic E-state index is 14.5. The minimum absolute atomic E-state index is 0. The van der Waals surface area contributed by atoms with Gasteiger partial charge in [0.2, 0.25) is 0 Å². The van der Waals surface area contributed by atoms with Gasteiger partial charge in [-0.2, -0.15) is 0 Å². The van der Waals surface area contributed by atoms with Crippen LogP contribution in [0.4, 0.5) is 8.78 Å². The van der Waals surface area contributed by atoms with Crippen molar-refractivity contribution in [2.24, 2.45) is 5.92 Å². The van der Waals surface area contributed by atoms with E-state index >= 15 is 0 Å². The normalized spacial score (nSPS) is 21.7. The van der Waals surface area contributed by atoms with Crippen LogP contribution in [0.15, 0.2) is 12.1 Å². The first-order chi connectivity index (χ1) is 10.7. The summed E-state index contributed by atoms with van der Waals surface area (Å²) in [7, 11) is 0. The van der Waals surface area contributed by atoms with Crippen molar-refractivity contribution in [3.63, 3.8) is 0 Å². The van der Waals surface area contributed by atoms with Crippen molar-refractivity contribution in [2.45, 2.75) is 38.1 Å². The number of rotatable bonds is 3. The summed E-state index contributed by atoms with van der Waals surface area (Å²) in [6.07, 6.45) is 5.65. The zero-order valence-corrected chi connectivity index (χ0v) is 14.7. The average Bonchev–Trinajstić information content (AvgIpc) is 2.52. The van der Waals surface area contributed by atoms with Crippen LogP contribution < -0.4 is 5.32 Å². The standard InChI is InChI=1S/C17H23ClF2N2.ClH/c18-13-10-14(19)16(15(20)11-13)17(12-4-2-1-3-5-12)22-8-6-21-7-9-22;/h10-12,17,21H,1-9H2;1H/t17-;/m1./s1. The van der Waals surface area contributed by atoms with Gasteiger partial charge in [-0.3, -0.25) is 4.90 Å². The second-order valence-electron chi connectivity index (χ2n) is 6.41. The second-order valence-corrected chi connectivity index (χ2v) is 6.85. The van der Waals surface area contributed by atoms with Gasteiger partial charge in [-0.1, -0.05) is 30.9 Å². The van der Waals surface area contributed by atoms with Gasteiger partial charge in [0, 0.05) is 42.8 Å². The van der Waals surface area contributed by atoms with Crippen molar-refractivity contribution < 1.29 is 8.78 Å². The van der Waals surface area contributed by atoms with Gasteiger partial charge >= 0.3 is 0 Å². The summed E-state index contributed by atoms with van der Waals surface area (Å²) < 4.78 is 29.0. The van der Waals surface area contributed by atoms with E-state index in [1.165, 1.54) is 18.6 Å². The summed E-state index contributed by atoms with van der Waals surface area (Å²) in [6.45, 7) is 3.42. The number of nitrogens with one attached hydrogen (secondary N) is 1. The topological polar surface area (TPSA) is 15.3 Å². The van der Waals surface area contributed by atoms with Gasteiger partial charge in [-0.05, 0) is 30.9 Å². The lowest BCUT2D eigenvalue weighted by molar-refractivity contribution is 0.0976. The van der Waals surface area contributed by atoms with Gasteiger partial charge in [-0.15, -0.1) is 12.4 Å². The first-order valence-electron chi connectivity index (χ1n) is 8.26. The van der Waals surface area contributed by atoms with Gasteiger partial charge in [-0.25, -0.2) is 8.78 Å². The molecule has 1 aliphatic carbocycles. The third kappa shape index (κ3) is 4.36. The highest BCUT2D eigenvalue weighted by atomic mass is 35.5. The summed E-state index contributed by atoms with van der Waals surface area (Å²) >= 11 is 5.79. The molecule has 1 atom stereocenters. The number of hydrogen-bond donors (Lipinski definition) is 1. The number of benzene rings is 1. The Labute approximate surface area is 148 Å². The minimum Gasteiger partial charge on any atom is -0.314 e. The van der Waals surface area contributed by atoms with Gasteiger partial charge < -0.3 is 5.32 Å². The SMILES string of the molecule is Cl.Fc1cc(Cl)cc(F)c1[C@@H](C1CCCCC1)N1CCNCC1. The van der Waals surface area contributed by atoms with Crippen molar-refractivity contribution in [2.75, 3.05) is 26.2 Å². The zero-order valence-electron chi connectivity index (χ0n) is 13.2. The molecule has 23 heavy (non-hydrogen) atoms. The Balaban J connectivity index is 0.00000192. The van der Waals surface area contributed by atoms with Crippen LogP contribution in [0.5, 0.6) is 0 Å². The molecule has 1 saturated carbocycles. The maximum absolute atomic E-state index is 14.5. The van der Waals surface area contributed by atoms with Crippen LogP contribution in [-0.2, 0) is 0 Å². The predicted molar refractivity (Wildman–Crippen MR) is 92.4 cm³/mol. The Morgan fingerprint density at radius 3 is 2.17 bits per heavy atom. The number of piperazine rings is 1. The molecule has 0 unspecified atom stereocenters. The van der Waals surface area contributed by atoms with E-state index in [9.17, 15) is 8.78 Å². The zero-order chi connectivity index (χ0) is 15.5. The van der Waals surface area contributed by atoms with Gasteiger partial charge in [0.1, 0.15) is 11.6 Å². The van der Waals surface area contributed by atoms with Crippen LogP contribution in [0.1, 0.15) is 43.7 Å². The molecule has 130 valence electrons. The van der Waals surface area contributed by atoms with Gasteiger partial charge in [0.25, 0.3) is 0 Å². The highest BCUT2D eigenvalue weighted by Crippen LogP contribution is 2.41. The molecular formula is C17H24Cl2F2N2. The molecule has 0 amide bonds. The Morgan fingerprint density at radius 1 is 1.04 bits per heavy atom. The van der Waals surface area contributed by atoms with E-state index in [0.717, 1.165) is 51.9 Å². The van der Waals surface area contributed by atoms with Crippen molar-refractivity contribution >= 4 is 24.0 Å². The lowest BCUT2D eigenvalue weighted by atomic mass is 9.80. The van der Waals surface area contributed by atoms with E-state index in [-0.39, 0.29) is 29.0 Å². The molecule has 2 aliphatic rings. The fourth-order valence-electron chi connectivity index (χ4n) is 3.96. The van der Waals surface area contributed by atoms with Gasteiger partial charge in [0.15, 0.2) is 0 Å². The third-order valence-electron chi connectivity index (χ3n) is 4.98. The van der Waals surface area contributed by atoms with Crippen molar-refractivity contribution in [1.29, 1.82) is 0 Å². The Morgan fingerprint density at radius 2 is 1.61 bits per heavy atom. The van der Waals surface area contributed by atoms with E-state index < -0.39 is 11.6 Å². The van der Waals surface area contributed by atoms with E-state index in [1.54, 1.807) is 0 Å². The molecule has 1 aromatic carbocycles. The molecule has 6 heteroatoms. The molecule has 0 spiro atoms. The largest absolute Gasteiger partial charge is 0.314 e. The first kappa shape index (κ1) is 18.9. The molecule has 0 aromatic heterocycles. The molecule has 1 saturated heterocycles. The van der Waals surface area contributed by atoms with Crippen LogP contribution in [0.3, 0.4) is 0 Å². The summed E-state index contributed by atoms with van der Waals surface area (Å²) in [5, 5.41) is 3.44. The summed E-state index contributed by atoms with van der Waals surface area (Å²) in [5.41, 5.74) is 0.221. The molecule has 2 nitrogen and oxygen atoms in total. The maximum Gasteiger partial charge on any atom is 0.132 e. The molecule has 1 N–H and O–H groups in total. The van der Waals surface area contributed by atoms with Crippen molar-refractivity contribution in [3.05, 3.63) is 34.4 Å². The Kier molecular flexibility index (Phi) is 7.08. The summed E-state index contributed by atoms with van der Waals surface area (Å²) in [6, 6.07) is 2.33. The second kappa shape index (κ2) is 8.61. The van der Waals surface area contributed by atoms with Crippen LogP contribution in [0, 0.1) is 17.6 Å². The van der Waals surface area contributed by atoms with Crippen LogP contribution >= 0.6 is 24.0 Å². The Bertz CT molecular complexity index is 474. The highest BCUT2D eigenvalue weighted by molar-refractivity contribution is 6.30. The Hall–Kier alpha value is -0.420. The molecule has 2 fully saturated rings. The summed E-state index contributed by atoms with van der Waals surface area (Å²) in [5.74, 6) is -0.671. The molecule has 1 heterocycles. The quantitative estimate of drug-likeness (QED) is 0.844. The monoisotopic (exact) mass is 364 g/mol. The van der Waals surface area contributed by atoms with Crippen LogP contribution in [-0.4, -0.2) is 31.1 Å². The molecule has 3 rings (SSSR count). The summed E-state index contributed by atoms with van der Waals surface area (Å²) in [4.78, 5) is 2.25. The van der Waals surface area contributed by atoms with E-state index in [1.807, 2.05) is 0 Å². The number of nitrogens with zero attached hydrogens (tertiary/aromatic N) is 1. The molecule has 0 radical (unpaired) electrons. The first-order valence-corrected chi connectivity index (χ1v) is 8.64. The van der Waals surface area contributed by atoms with Crippen molar-refractivity contribution in [1.82, 2.24) is 10.2 Å². The fraction of sp³-hybridized carbons (Fsp3) is 0.647. The third-order valence-corrected chi connectivity index (χ3v) is 5.20. The highest BCUT2D eigenvalue weighted by Gasteiger charge is 2.34. The number of hydrogen-bond acceptors (Lipinski definition) is 2.